The quantitative estimate of drug-likeness (QED) is 0.542. The van der Waals surface area contributed by atoms with Crippen molar-refractivity contribution in [2.45, 2.75) is 24.9 Å². The van der Waals surface area contributed by atoms with Gasteiger partial charge in [0.05, 0.1) is 0 Å². The van der Waals surface area contributed by atoms with Crippen LogP contribution in [0.4, 0.5) is 0 Å². The van der Waals surface area contributed by atoms with Crippen LogP contribution in [0.3, 0.4) is 0 Å². The number of piperidine rings is 3. The molecule has 0 aliphatic carbocycles. The second kappa shape index (κ2) is 2.44. The molecule has 3 aliphatic heterocycles. The van der Waals surface area contributed by atoms with Gasteiger partial charge in [-0.05, 0) is 25.2 Å². The topological polar surface area (TPSA) is 72.3 Å². The van der Waals surface area contributed by atoms with Gasteiger partial charge in [-0.25, -0.2) is 0 Å². The maximum Gasteiger partial charge on any atom is 0.252 e. The molecule has 0 aromatic carbocycles. The predicted molar refractivity (Wildman–Crippen MR) is 45.0 cm³/mol. The number of carbonyl (C=O) groups is 1. The van der Waals surface area contributed by atoms with Crippen LogP contribution in [0.25, 0.3) is 0 Å². The molecule has 0 radical (unpaired) electrons. The summed E-state index contributed by atoms with van der Waals surface area (Å²) in [6.45, 7) is 1.87. The molecule has 3 rings (SSSR count). The molecule has 3 heterocycles. The van der Waals surface area contributed by atoms with E-state index in [9.17, 15) is 4.79 Å². The zero-order valence-electron chi connectivity index (χ0n) is 7.12. The fourth-order valence-corrected chi connectivity index (χ4v) is 2.36. The minimum absolute atomic E-state index is 0.369. The third-order valence-electron chi connectivity index (χ3n) is 3.21. The Labute approximate surface area is 71.9 Å². The minimum Gasteiger partial charge on any atom is -0.367 e. The van der Waals surface area contributed by atoms with Crippen molar-refractivity contribution in [1.29, 1.82) is 0 Å². The number of nitrogens with two attached hydrogens (primary N) is 2. The fourth-order valence-electron chi connectivity index (χ4n) is 2.36. The van der Waals surface area contributed by atoms with Crippen LogP contribution in [0.1, 0.15) is 19.3 Å². The van der Waals surface area contributed by atoms with Crippen LogP contribution in [0, 0.1) is 5.92 Å². The first-order valence-corrected chi connectivity index (χ1v) is 4.47. The van der Waals surface area contributed by atoms with Crippen LogP contribution < -0.4 is 11.5 Å². The van der Waals surface area contributed by atoms with E-state index in [0.717, 1.165) is 19.5 Å². The first-order valence-electron chi connectivity index (χ1n) is 4.47. The van der Waals surface area contributed by atoms with E-state index in [2.05, 4.69) is 0 Å². The molecule has 0 aromatic heterocycles. The highest BCUT2D eigenvalue weighted by atomic mass is 16.2. The summed E-state index contributed by atoms with van der Waals surface area (Å²) in [5, 5.41) is 0. The normalized spacial score (nSPS) is 46.1. The summed E-state index contributed by atoms with van der Waals surface area (Å²) in [4.78, 5) is 13.1. The molecule has 2 bridgehead atoms. The van der Waals surface area contributed by atoms with Crippen LogP contribution >= 0.6 is 0 Å². The molecule has 3 saturated heterocycles. The van der Waals surface area contributed by atoms with Gasteiger partial charge >= 0.3 is 0 Å². The summed E-state index contributed by atoms with van der Waals surface area (Å²) in [6.07, 6.45) is 3.10. The standard InChI is InChI=1S/C8H15N3O/c9-7(12)8(10)5-6-1-3-11(8)4-2-6/h6H,1-5,10H2,(H2,9,12). The molecular weight excluding hydrogens is 154 g/mol. The molecule has 0 spiro atoms. The van der Waals surface area contributed by atoms with Gasteiger partial charge in [0.2, 0.25) is 0 Å². The van der Waals surface area contributed by atoms with Gasteiger partial charge in [0, 0.05) is 13.1 Å². The molecule has 4 heteroatoms. The maximum atomic E-state index is 11.1. The Hall–Kier alpha value is -0.610. The van der Waals surface area contributed by atoms with Gasteiger partial charge in [0.1, 0.15) is 5.66 Å². The van der Waals surface area contributed by atoms with Crippen molar-refractivity contribution in [2.24, 2.45) is 17.4 Å². The van der Waals surface area contributed by atoms with Gasteiger partial charge < -0.3 is 11.5 Å². The highest BCUT2D eigenvalue weighted by Crippen LogP contribution is 2.35. The Morgan fingerprint density at radius 2 is 2.00 bits per heavy atom. The highest BCUT2D eigenvalue weighted by molar-refractivity contribution is 5.84. The average molecular weight is 169 g/mol. The molecule has 68 valence electrons. The van der Waals surface area contributed by atoms with Gasteiger partial charge in [0.25, 0.3) is 5.91 Å². The number of primary amides is 1. The van der Waals surface area contributed by atoms with Gasteiger partial charge in [0.15, 0.2) is 0 Å². The number of nitrogens with zero attached hydrogens (tertiary/aromatic N) is 1. The molecule has 3 fully saturated rings. The largest absolute Gasteiger partial charge is 0.367 e. The van der Waals surface area contributed by atoms with Crippen LogP contribution in [0.5, 0.6) is 0 Å². The van der Waals surface area contributed by atoms with E-state index >= 15 is 0 Å². The molecule has 3 aliphatic rings. The molecule has 4 N–H and O–H groups in total. The van der Waals surface area contributed by atoms with Crippen molar-refractivity contribution < 1.29 is 4.79 Å². The van der Waals surface area contributed by atoms with E-state index in [4.69, 9.17) is 11.5 Å². The molecule has 4 nitrogen and oxygen atoms in total. The maximum absolute atomic E-state index is 11.1. The summed E-state index contributed by atoms with van der Waals surface area (Å²) in [5.41, 5.74) is 10.4. The van der Waals surface area contributed by atoms with Crippen molar-refractivity contribution in [2.75, 3.05) is 13.1 Å². The monoisotopic (exact) mass is 169 g/mol. The highest BCUT2D eigenvalue weighted by Gasteiger charge is 2.46. The number of hydrogen-bond donors (Lipinski definition) is 2. The second-order valence-corrected chi connectivity index (χ2v) is 3.92. The molecule has 1 amide bonds. The second-order valence-electron chi connectivity index (χ2n) is 3.92. The third kappa shape index (κ3) is 0.949. The average Bonchev–Trinajstić information content (AvgIpc) is 2.05. The van der Waals surface area contributed by atoms with E-state index in [1.54, 1.807) is 0 Å². The van der Waals surface area contributed by atoms with E-state index < -0.39 is 5.66 Å². The summed E-state index contributed by atoms with van der Waals surface area (Å²) in [7, 11) is 0. The first kappa shape index (κ1) is 8.01. The Bertz CT molecular complexity index is 210. The van der Waals surface area contributed by atoms with E-state index in [1.807, 2.05) is 4.90 Å². The van der Waals surface area contributed by atoms with E-state index in [1.165, 1.54) is 12.8 Å². The van der Waals surface area contributed by atoms with Crippen LogP contribution in [0.2, 0.25) is 0 Å². The molecule has 0 aromatic rings. The number of amides is 1. The van der Waals surface area contributed by atoms with Crippen LogP contribution in [-0.4, -0.2) is 29.6 Å². The van der Waals surface area contributed by atoms with Gasteiger partial charge in [-0.3, -0.25) is 9.69 Å². The van der Waals surface area contributed by atoms with Crippen LogP contribution in [0.15, 0.2) is 0 Å². The summed E-state index contributed by atoms with van der Waals surface area (Å²) < 4.78 is 0. The fraction of sp³-hybridized carbons (Fsp3) is 0.875. The van der Waals surface area contributed by atoms with Gasteiger partial charge in [-0.1, -0.05) is 0 Å². The van der Waals surface area contributed by atoms with Crippen molar-refractivity contribution in [1.82, 2.24) is 4.90 Å². The first-order chi connectivity index (χ1) is 5.63. The zero-order chi connectivity index (χ0) is 8.77. The Morgan fingerprint density at radius 3 is 2.25 bits per heavy atom. The smallest absolute Gasteiger partial charge is 0.252 e. The molecule has 1 atom stereocenters. The lowest BCUT2D eigenvalue weighted by Crippen LogP contribution is -2.69. The number of carbonyl (C=O) groups excluding carboxylic acids is 1. The lowest BCUT2D eigenvalue weighted by atomic mass is 9.79. The third-order valence-corrected chi connectivity index (χ3v) is 3.21. The summed E-state index contributed by atoms with van der Waals surface area (Å²) in [5.74, 6) is 0.249. The summed E-state index contributed by atoms with van der Waals surface area (Å²) in [6, 6.07) is 0. The number of hydrogen-bond acceptors (Lipinski definition) is 3. The number of rotatable bonds is 1. The van der Waals surface area contributed by atoms with Crippen LogP contribution in [-0.2, 0) is 4.79 Å². The minimum atomic E-state index is -0.832. The van der Waals surface area contributed by atoms with Crippen molar-refractivity contribution >= 4 is 5.91 Å². The van der Waals surface area contributed by atoms with E-state index in [0.29, 0.717) is 5.92 Å². The molecule has 1 unspecified atom stereocenters. The Morgan fingerprint density at radius 1 is 1.42 bits per heavy atom. The van der Waals surface area contributed by atoms with Gasteiger partial charge in [-0.15, -0.1) is 0 Å². The predicted octanol–water partition coefficient (Wildman–Crippen LogP) is -0.758. The number of fused-ring (bicyclic) bond motifs is 3. The lowest BCUT2D eigenvalue weighted by Gasteiger charge is -2.50. The van der Waals surface area contributed by atoms with Crippen molar-refractivity contribution in [3.8, 4) is 0 Å². The molecule has 12 heavy (non-hydrogen) atoms. The lowest BCUT2D eigenvalue weighted by molar-refractivity contribution is -0.138. The van der Waals surface area contributed by atoms with Crippen molar-refractivity contribution in [3.05, 3.63) is 0 Å². The Balaban J connectivity index is 2.22. The summed E-state index contributed by atoms with van der Waals surface area (Å²) >= 11 is 0. The molecular formula is C8H15N3O. The Kier molecular flexibility index (Phi) is 1.63. The van der Waals surface area contributed by atoms with Crippen molar-refractivity contribution in [3.63, 3.8) is 0 Å². The SMILES string of the molecule is NC(=O)C1(N)CC2CCN1CC2. The zero-order valence-corrected chi connectivity index (χ0v) is 7.12. The van der Waals surface area contributed by atoms with Gasteiger partial charge in [-0.2, -0.15) is 0 Å². The molecule has 0 saturated carbocycles. The van der Waals surface area contributed by atoms with E-state index in [-0.39, 0.29) is 5.91 Å².